The zero-order valence-electron chi connectivity index (χ0n) is 16.8. The van der Waals surface area contributed by atoms with Crippen LogP contribution in [-0.4, -0.2) is 96.0 Å². The second-order valence-electron chi connectivity index (χ2n) is 7.38. The van der Waals surface area contributed by atoms with Crippen LogP contribution in [0.4, 0.5) is 0 Å². The summed E-state index contributed by atoms with van der Waals surface area (Å²) in [6, 6.07) is -0.0996. The molecule has 0 aromatic carbocycles. The Morgan fingerprint density at radius 2 is 2.00 bits per heavy atom. The van der Waals surface area contributed by atoms with Crippen molar-refractivity contribution in [1.82, 2.24) is 24.5 Å². The number of carbonyl (C=O) groups excluding carboxylic acids is 1. The number of carbonyl (C=O) groups is 1. The van der Waals surface area contributed by atoms with E-state index in [0.717, 1.165) is 44.7 Å². The van der Waals surface area contributed by atoms with E-state index in [4.69, 9.17) is 10.5 Å². The molecule has 8 nitrogen and oxygen atoms in total. The van der Waals surface area contributed by atoms with Gasteiger partial charge in [0.15, 0.2) is 0 Å². The Hall–Kier alpha value is -0.900. The number of likely N-dealkylation sites (N-methyl/N-ethyl adjacent to an activating group) is 1. The fourth-order valence-corrected chi connectivity index (χ4v) is 3.96. The van der Waals surface area contributed by atoms with Crippen LogP contribution in [0.25, 0.3) is 0 Å². The van der Waals surface area contributed by atoms with Crippen LogP contribution in [0.5, 0.6) is 0 Å². The molecule has 2 N–H and O–H groups in total. The molecule has 0 bridgehead atoms. The lowest BCUT2D eigenvalue weighted by molar-refractivity contribution is -0.148. The summed E-state index contributed by atoms with van der Waals surface area (Å²) in [4.78, 5) is 19.5. The summed E-state index contributed by atoms with van der Waals surface area (Å²) in [5.74, 6) is 0.102. The molecule has 1 aromatic rings. The van der Waals surface area contributed by atoms with Crippen molar-refractivity contribution in [3.05, 3.63) is 18.0 Å². The first-order chi connectivity index (χ1) is 12.6. The Bertz CT molecular complexity index is 602. The zero-order chi connectivity index (χ0) is 18.5. The van der Waals surface area contributed by atoms with E-state index in [1.807, 2.05) is 24.3 Å². The number of aromatic nitrogens is 2. The second kappa shape index (κ2) is 11.9. The summed E-state index contributed by atoms with van der Waals surface area (Å²) in [5.41, 5.74) is 6.67. The highest BCUT2D eigenvalue weighted by molar-refractivity contribution is 5.85. The Morgan fingerprint density at radius 1 is 1.21 bits per heavy atom. The van der Waals surface area contributed by atoms with Crippen LogP contribution in [-0.2, 0) is 16.6 Å². The highest BCUT2D eigenvalue weighted by Gasteiger charge is 2.37. The van der Waals surface area contributed by atoms with Crippen molar-refractivity contribution >= 4 is 30.7 Å². The van der Waals surface area contributed by atoms with E-state index in [0.29, 0.717) is 26.1 Å². The van der Waals surface area contributed by atoms with Gasteiger partial charge in [-0.2, -0.15) is 5.10 Å². The van der Waals surface area contributed by atoms with E-state index in [1.54, 1.807) is 4.68 Å². The van der Waals surface area contributed by atoms with E-state index in [1.165, 1.54) is 0 Å². The maximum Gasteiger partial charge on any atom is 0.224 e. The van der Waals surface area contributed by atoms with Crippen molar-refractivity contribution in [2.75, 3.05) is 59.5 Å². The smallest absolute Gasteiger partial charge is 0.224 e. The van der Waals surface area contributed by atoms with E-state index >= 15 is 0 Å². The number of hydrogen-bond donors (Lipinski definition) is 1. The lowest BCUT2D eigenvalue weighted by atomic mass is 9.99. The first-order valence-corrected chi connectivity index (χ1v) is 9.59. The van der Waals surface area contributed by atoms with Gasteiger partial charge in [0.2, 0.25) is 5.91 Å². The third kappa shape index (κ3) is 6.30. The van der Waals surface area contributed by atoms with Gasteiger partial charge in [-0.3, -0.25) is 14.4 Å². The van der Waals surface area contributed by atoms with E-state index in [9.17, 15) is 4.79 Å². The summed E-state index contributed by atoms with van der Waals surface area (Å²) < 4.78 is 7.95. The van der Waals surface area contributed by atoms with Crippen molar-refractivity contribution in [2.24, 2.45) is 12.8 Å². The molecule has 28 heavy (non-hydrogen) atoms. The lowest BCUT2D eigenvalue weighted by Gasteiger charge is -2.42. The third-order valence-electron chi connectivity index (χ3n) is 5.35. The predicted octanol–water partition coefficient (Wildman–Crippen LogP) is 0.519. The van der Waals surface area contributed by atoms with Gasteiger partial charge in [-0.1, -0.05) is 0 Å². The number of ether oxygens (including phenoxy) is 1. The molecule has 0 unspecified atom stereocenters. The van der Waals surface area contributed by atoms with Gasteiger partial charge in [0.25, 0.3) is 0 Å². The quantitative estimate of drug-likeness (QED) is 0.724. The molecule has 3 heterocycles. The van der Waals surface area contributed by atoms with E-state index < -0.39 is 0 Å². The number of morpholine rings is 1. The maximum absolute atomic E-state index is 12.7. The molecule has 2 fully saturated rings. The van der Waals surface area contributed by atoms with E-state index in [2.05, 4.69) is 21.9 Å². The average molecular weight is 437 g/mol. The number of nitrogens with two attached hydrogens (primary N) is 1. The van der Waals surface area contributed by atoms with Gasteiger partial charge in [-0.25, -0.2) is 0 Å². The number of amides is 1. The molecule has 0 aliphatic carbocycles. The molecule has 10 heteroatoms. The Kier molecular flexibility index (Phi) is 10.7. The Morgan fingerprint density at radius 3 is 2.68 bits per heavy atom. The number of hydrogen-bond acceptors (Lipinski definition) is 6. The molecule has 1 aromatic heterocycles. The summed E-state index contributed by atoms with van der Waals surface area (Å²) >= 11 is 0. The molecule has 3 rings (SSSR count). The fraction of sp³-hybridized carbons (Fsp3) is 0.778. The van der Waals surface area contributed by atoms with Gasteiger partial charge in [-0.15, -0.1) is 24.8 Å². The maximum atomic E-state index is 12.7. The van der Waals surface area contributed by atoms with Gasteiger partial charge >= 0.3 is 0 Å². The summed E-state index contributed by atoms with van der Waals surface area (Å²) in [6.45, 7) is 6.70. The lowest BCUT2D eigenvalue weighted by Crippen LogP contribution is -2.52. The first kappa shape index (κ1) is 25.1. The van der Waals surface area contributed by atoms with Crippen LogP contribution < -0.4 is 5.73 Å². The number of rotatable bonds is 5. The van der Waals surface area contributed by atoms with Crippen LogP contribution >= 0.6 is 24.8 Å². The summed E-state index contributed by atoms with van der Waals surface area (Å²) in [5, 5.41) is 4.32. The molecule has 2 aliphatic rings. The molecular formula is C18H34Cl2N6O2. The summed E-state index contributed by atoms with van der Waals surface area (Å²) in [7, 11) is 4.07. The highest BCUT2D eigenvalue weighted by Crippen LogP contribution is 2.30. The van der Waals surface area contributed by atoms with Crippen molar-refractivity contribution < 1.29 is 9.53 Å². The molecule has 0 saturated carbocycles. The van der Waals surface area contributed by atoms with Gasteiger partial charge in [0.1, 0.15) is 0 Å². The van der Waals surface area contributed by atoms with Crippen molar-refractivity contribution in [1.29, 1.82) is 0 Å². The molecule has 2 saturated heterocycles. The minimum atomic E-state index is -0.0996. The van der Waals surface area contributed by atoms with Crippen molar-refractivity contribution in [3.63, 3.8) is 0 Å². The van der Waals surface area contributed by atoms with Gasteiger partial charge in [0.05, 0.1) is 24.9 Å². The molecule has 1 amide bonds. The largest absolute Gasteiger partial charge is 0.373 e. The average Bonchev–Trinajstić information content (AvgIpc) is 2.94. The standard InChI is InChI=1S/C18H32N6O2.2ClH/c1-21-6-3-7-23(9-8-21)14-16-18(15-12-20-22(2)13-15)24(10-11-26-16)17(25)4-5-19;;/h12-13,16,18H,3-11,14,19H2,1-2H3;2*1H/t16-,18-;;/m0../s1. The SMILES string of the molecule is CN1CCCN(C[C@@H]2OCCN(C(=O)CCN)[C@H]2c2cnn(C)c2)CC1.Cl.Cl. The third-order valence-corrected chi connectivity index (χ3v) is 5.35. The second-order valence-corrected chi connectivity index (χ2v) is 7.38. The monoisotopic (exact) mass is 436 g/mol. The molecule has 0 spiro atoms. The first-order valence-electron chi connectivity index (χ1n) is 9.59. The fourth-order valence-electron chi connectivity index (χ4n) is 3.96. The van der Waals surface area contributed by atoms with Gasteiger partial charge in [-0.05, 0) is 26.6 Å². The predicted molar refractivity (Wildman–Crippen MR) is 114 cm³/mol. The van der Waals surface area contributed by atoms with Crippen LogP contribution in [0.2, 0.25) is 0 Å². The van der Waals surface area contributed by atoms with Crippen LogP contribution in [0, 0.1) is 0 Å². The van der Waals surface area contributed by atoms with Crippen molar-refractivity contribution in [2.45, 2.75) is 25.0 Å². The number of halogens is 2. The van der Waals surface area contributed by atoms with Crippen LogP contribution in [0.3, 0.4) is 0 Å². The molecule has 0 radical (unpaired) electrons. The Balaban J connectivity index is 0.00000196. The number of nitrogens with zero attached hydrogens (tertiary/aromatic N) is 5. The highest BCUT2D eigenvalue weighted by atomic mass is 35.5. The summed E-state index contributed by atoms with van der Waals surface area (Å²) in [6.07, 6.45) is 5.34. The molecule has 2 aliphatic heterocycles. The number of aryl methyl sites for hydroxylation is 1. The normalized spacial score (nSPS) is 24.2. The van der Waals surface area contributed by atoms with Crippen LogP contribution in [0.15, 0.2) is 12.4 Å². The minimum absolute atomic E-state index is 0. The Labute approximate surface area is 180 Å². The molecule has 2 atom stereocenters. The molecular weight excluding hydrogens is 403 g/mol. The topological polar surface area (TPSA) is 79.9 Å². The van der Waals surface area contributed by atoms with Gasteiger partial charge < -0.3 is 20.3 Å². The molecule has 162 valence electrons. The minimum Gasteiger partial charge on any atom is -0.373 e. The zero-order valence-corrected chi connectivity index (χ0v) is 18.5. The van der Waals surface area contributed by atoms with Gasteiger partial charge in [0, 0.05) is 58.0 Å². The van der Waals surface area contributed by atoms with Crippen LogP contribution in [0.1, 0.15) is 24.4 Å². The van der Waals surface area contributed by atoms with E-state index in [-0.39, 0.29) is 42.9 Å². The van der Waals surface area contributed by atoms with Crippen molar-refractivity contribution in [3.8, 4) is 0 Å².